The molecule has 2 unspecified atom stereocenters. The normalized spacial score (nSPS) is 13.8. The molecular weight excluding hydrogens is 272 g/mol. The van der Waals surface area contributed by atoms with Gasteiger partial charge in [-0.1, -0.05) is 12.1 Å². The molecule has 19 heavy (non-hydrogen) atoms. The van der Waals surface area contributed by atoms with Crippen molar-refractivity contribution in [3.05, 3.63) is 11.9 Å². The predicted molar refractivity (Wildman–Crippen MR) is 68.1 cm³/mol. The van der Waals surface area contributed by atoms with Crippen molar-refractivity contribution < 1.29 is 18.9 Å². The van der Waals surface area contributed by atoms with Gasteiger partial charge in [-0.25, -0.2) is 4.68 Å². The maximum absolute atomic E-state index is 11.6. The van der Waals surface area contributed by atoms with Gasteiger partial charge in [0, 0.05) is 28.9 Å². The molecule has 1 amide bonds. The van der Waals surface area contributed by atoms with Crippen LogP contribution in [-0.2, 0) is 22.1 Å². The summed E-state index contributed by atoms with van der Waals surface area (Å²) in [6, 6.07) is 0. The molecule has 0 fully saturated rings. The van der Waals surface area contributed by atoms with Gasteiger partial charge in [0.25, 0.3) is 5.91 Å². The van der Waals surface area contributed by atoms with Crippen LogP contribution >= 0.6 is 0 Å². The fraction of sp³-hybridized carbons (Fsp3) is 0.600. The zero-order chi connectivity index (χ0) is 14.4. The Morgan fingerprint density at radius 2 is 2.26 bits per heavy atom. The van der Waals surface area contributed by atoms with E-state index < -0.39 is 22.7 Å². The van der Waals surface area contributed by atoms with Gasteiger partial charge in [-0.15, -0.1) is 5.10 Å². The van der Waals surface area contributed by atoms with Gasteiger partial charge in [0.1, 0.15) is 6.54 Å². The summed E-state index contributed by atoms with van der Waals surface area (Å²) < 4.78 is 12.2. The summed E-state index contributed by atoms with van der Waals surface area (Å²) in [5.74, 6) is -1.48. The van der Waals surface area contributed by atoms with Gasteiger partial charge in [-0.2, -0.15) is 0 Å². The van der Waals surface area contributed by atoms with E-state index in [1.54, 1.807) is 6.26 Å². The summed E-state index contributed by atoms with van der Waals surface area (Å²) in [5, 5.41) is 18.3. The van der Waals surface area contributed by atoms with Crippen molar-refractivity contribution in [2.45, 2.75) is 25.1 Å². The largest absolute Gasteiger partial charge is 0.480 e. The highest BCUT2D eigenvalue weighted by atomic mass is 32.2. The SMILES string of the molecule is CC(CCNC(=O)c1cn(CC(=O)O)nn1)S(C)=O. The smallest absolute Gasteiger partial charge is 0.325 e. The van der Waals surface area contributed by atoms with Crippen molar-refractivity contribution in [3.63, 3.8) is 0 Å². The lowest BCUT2D eigenvalue weighted by molar-refractivity contribution is -0.137. The van der Waals surface area contributed by atoms with Crippen LogP contribution in [0.2, 0.25) is 0 Å². The van der Waals surface area contributed by atoms with E-state index in [9.17, 15) is 13.8 Å². The van der Waals surface area contributed by atoms with Crippen LogP contribution in [0.3, 0.4) is 0 Å². The fourth-order valence-corrected chi connectivity index (χ4v) is 1.71. The molecule has 0 aliphatic carbocycles. The third kappa shape index (κ3) is 5.16. The molecule has 1 heterocycles. The minimum atomic E-state index is -1.06. The number of aliphatic carboxylic acids is 1. The van der Waals surface area contributed by atoms with E-state index in [0.717, 1.165) is 4.68 Å². The summed E-state index contributed by atoms with van der Waals surface area (Å²) in [5.41, 5.74) is 0.0616. The third-order valence-corrected chi connectivity index (χ3v) is 3.84. The van der Waals surface area contributed by atoms with E-state index in [2.05, 4.69) is 15.6 Å². The standard InChI is InChI=1S/C10H16N4O4S/c1-7(19(2)18)3-4-11-10(17)8-5-14(13-12-8)6-9(15)16/h5,7H,3-4,6H2,1-2H3,(H,11,17)(H,15,16). The quantitative estimate of drug-likeness (QED) is 0.682. The van der Waals surface area contributed by atoms with Crippen molar-refractivity contribution in [2.24, 2.45) is 0 Å². The minimum absolute atomic E-state index is 0.00277. The topological polar surface area (TPSA) is 114 Å². The van der Waals surface area contributed by atoms with Gasteiger partial charge < -0.3 is 10.4 Å². The lowest BCUT2D eigenvalue weighted by Crippen LogP contribution is -2.27. The molecule has 8 nitrogen and oxygen atoms in total. The molecule has 1 rings (SSSR count). The molecule has 0 aromatic carbocycles. The van der Waals surface area contributed by atoms with Crippen molar-refractivity contribution in [2.75, 3.05) is 12.8 Å². The molecule has 1 aromatic rings. The van der Waals surface area contributed by atoms with Crippen LogP contribution in [0, 0.1) is 0 Å². The number of hydrogen-bond acceptors (Lipinski definition) is 5. The molecule has 0 saturated heterocycles. The molecular formula is C10H16N4O4S. The van der Waals surface area contributed by atoms with Crippen LogP contribution in [-0.4, -0.2) is 54.2 Å². The third-order valence-electron chi connectivity index (χ3n) is 2.47. The first-order valence-corrected chi connectivity index (χ1v) is 7.24. The van der Waals surface area contributed by atoms with Gasteiger partial charge in [0.05, 0.1) is 6.20 Å². The van der Waals surface area contributed by atoms with Crippen LogP contribution < -0.4 is 5.32 Å². The number of nitrogens with zero attached hydrogens (tertiary/aromatic N) is 3. The molecule has 0 spiro atoms. The molecule has 0 saturated carbocycles. The Hall–Kier alpha value is -1.77. The molecule has 2 N–H and O–H groups in total. The molecule has 9 heteroatoms. The lowest BCUT2D eigenvalue weighted by atomic mass is 10.3. The Morgan fingerprint density at radius 3 is 2.84 bits per heavy atom. The van der Waals surface area contributed by atoms with Crippen LogP contribution in [0.5, 0.6) is 0 Å². The predicted octanol–water partition coefficient (Wildman–Crippen LogP) is -0.750. The van der Waals surface area contributed by atoms with E-state index in [1.165, 1.54) is 6.20 Å². The van der Waals surface area contributed by atoms with Crippen LogP contribution in [0.15, 0.2) is 6.20 Å². The zero-order valence-electron chi connectivity index (χ0n) is 10.7. The molecule has 0 radical (unpaired) electrons. The van der Waals surface area contributed by atoms with Crippen molar-refractivity contribution >= 4 is 22.7 Å². The Bertz CT molecular complexity index is 488. The second-order valence-corrected chi connectivity index (χ2v) is 5.85. The second-order valence-electron chi connectivity index (χ2n) is 4.05. The number of aromatic nitrogens is 3. The van der Waals surface area contributed by atoms with Crippen LogP contribution in [0.25, 0.3) is 0 Å². The number of carboxylic acid groups (broad SMARTS) is 1. The first-order chi connectivity index (χ1) is 8.90. The maximum atomic E-state index is 11.6. The highest BCUT2D eigenvalue weighted by Crippen LogP contribution is 1.98. The van der Waals surface area contributed by atoms with Gasteiger partial charge in [0.2, 0.25) is 0 Å². The highest BCUT2D eigenvalue weighted by molar-refractivity contribution is 7.84. The molecule has 2 atom stereocenters. The Kier molecular flexibility index (Phi) is 5.61. The average Bonchev–Trinajstić information content (AvgIpc) is 2.76. The van der Waals surface area contributed by atoms with Crippen LogP contribution in [0.4, 0.5) is 0 Å². The molecule has 106 valence electrons. The Balaban J connectivity index is 2.43. The van der Waals surface area contributed by atoms with E-state index in [-0.39, 0.29) is 17.5 Å². The second kappa shape index (κ2) is 6.98. The number of carboxylic acids is 1. The number of amides is 1. The molecule has 0 aliphatic rings. The monoisotopic (exact) mass is 288 g/mol. The van der Waals surface area contributed by atoms with E-state index in [0.29, 0.717) is 13.0 Å². The summed E-state index contributed by atoms with van der Waals surface area (Å²) in [4.78, 5) is 22.1. The summed E-state index contributed by atoms with van der Waals surface area (Å²) in [7, 11) is -0.921. The number of carbonyl (C=O) groups is 2. The van der Waals surface area contributed by atoms with Gasteiger partial charge in [-0.3, -0.25) is 13.8 Å². The average molecular weight is 288 g/mol. The van der Waals surface area contributed by atoms with E-state index in [1.807, 2.05) is 6.92 Å². The zero-order valence-corrected chi connectivity index (χ0v) is 11.5. The van der Waals surface area contributed by atoms with Gasteiger partial charge in [-0.05, 0) is 6.42 Å². The number of rotatable bonds is 7. The number of nitrogens with one attached hydrogen (secondary N) is 1. The molecule has 0 aliphatic heterocycles. The molecule has 1 aromatic heterocycles. The minimum Gasteiger partial charge on any atom is -0.480 e. The first-order valence-electron chi connectivity index (χ1n) is 5.62. The van der Waals surface area contributed by atoms with Crippen molar-refractivity contribution in [1.29, 1.82) is 0 Å². The molecule has 0 bridgehead atoms. The first kappa shape index (κ1) is 15.3. The number of carbonyl (C=O) groups excluding carboxylic acids is 1. The van der Waals surface area contributed by atoms with Crippen molar-refractivity contribution in [1.82, 2.24) is 20.3 Å². The number of hydrogen-bond donors (Lipinski definition) is 2. The van der Waals surface area contributed by atoms with E-state index in [4.69, 9.17) is 5.11 Å². The summed E-state index contributed by atoms with van der Waals surface area (Å²) >= 11 is 0. The summed E-state index contributed by atoms with van der Waals surface area (Å²) in [6.45, 7) is 1.88. The summed E-state index contributed by atoms with van der Waals surface area (Å²) in [6.07, 6.45) is 3.48. The Labute approximate surface area is 112 Å². The highest BCUT2D eigenvalue weighted by Gasteiger charge is 2.12. The van der Waals surface area contributed by atoms with Gasteiger partial charge in [0.15, 0.2) is 5.69 Å². The van der Waals surface area contributed by atoms with E-state index >= 15 is 0 Å². The van der Waals surface area contributed by atoms with Crippen LogP contribution in [0.1, 0.15) is 23.8 Å². The fourth-order valence-electron chi connectivity index (χ4n) is 1.26. The lowest BCUT2D eigenvalue weighted by Gasteiger charge is -2.07. The maximum Gasteiger partial charge on any atom is 0.325 e. The van der Waals surface area contributed by atoms with Crippen molar-refractivity contribution in [3.8, 4) is 0 Å². The Morgan fingerprint density at radius 1 is 1.58 bits per heavy atom. The van der Waals surface area contributed by atoms with Gasteiger partial charge >= 0.3 is 5.97 Å².